The lowest BCUT2D eigenvalue weighted by atomic mass is 10.1. The van der Waals surface area contributed by atoms with E-state index >= 15 is 0 Å². The highest BCUT2D eigenvalue weighted by atomic mass is 16.6. The van der Waals surface area contributed by atoms with Gasteiger partial charge in [-0.25, -0.2) is 0 Å². The first kappa shape index (κ1) is 30.5. The van der Waals surface area contributed by atoms with Gasteiger partial charge in [0.2, 0.25) is 11.7 Å². The number of benzene rings is 5. The molecular weight excluding hydrogens is 588 g/mol. The van der Waals surface area contributed by atoms with Crippen LogP contribution in [0.3, 0.4) is 0 Å². The number of nitrogens with one attached hydrogen (secondary N) is 2. The van der Waals surface area contributed by atoms with Crippen molar-refractivity contribution in [2.75, 3.05) is 10.9 Å². The van der Waals surface area contributed by atoms with Crippen molar-refractivity contribution in [3.8, 4) is 0 Å². The Morgan fingerprint density at radius 2 is 0.826 bits per heavy atom. The lowest BCUT2D eigenvalue weighted by molar-refractivity contribution is -0.385. The molecule has 46 heavy (non-hydrogen) atoms. The number of rotatable bonds is 10. The van der Waals surface area contributed by atoms with Gasteiger partial charge in [0.25, 0.3) is 11.4 Å². The quantitative estimate of drug-likeness (QED) is 0.0522. The Morgan fingerprint density at radius 1 is 0.478 bits per heavy atom. The Labute approximate surface area is 261 Å². The first-order valence-electron chi connectivity index (χ1n) is 13.7. The summed E-state index contributed by atoms with van der Waals surface area (Å²) in [5.74, 6) is 0.476. The van der Waals surface area contributed by atoms with E-state index in [9.17, 15) is 20.2 Å². The van der Waals surface area contributed by atoms with Gasteiger partial charge < -0.3 is 0 Å². The third kappa shape index (κ3) is 8.54. The number of hydrazone groups is 2. The SMILES string of the molecule is O=[N+]([O-])c1ccc(N=NC(=NNc2ccccc2)c2ccc(/C(N=Nc3ccc([N+](=O)[O-])cc3)=N/Nc3ccccc3)cc2)cc1. The van der Waals surface area contributed by atoms with Crippen molar-refractivity contribution in [2.24, 2.45) is 30.7 Å². The molecule has 0 spiro atoms. The Morgan fingerprint density at radius 3 is 1.15 bits per heavy atom. The molecule has 14 nitrogen and oxygen atoms in total. The third-order valence-corrected chi connectivity index (χ3v) is 6.17. The molecule has 0 bridgehead atoms. The average molecular weight is 613 g/mol. The van der Waals surface area contributed by atoms with Crippen molar-refractivity contribution in [3.63, 3.8) is 0 Å². The molecule has 0 aliphatic heterocycles. The maximum absolute atomic E-state index is 11.0. The molecule has 5 rings (SSSR count). The summed E-state index contributed by atoms with van der Waals surface area (Å²) in [6.07, 6.45) is 0. The summed E-state index contributed by atoms with van der Waals surface area (Å²) in [5.41, 5.74) is 9.29. The molecule has 14 heteroatoms. The average Bonchev–Trinajstić information content (AvgIpc) is 3.10. The molecule has 0 aromatic heterocycles. The largest absolute Gasteiger partial charge is 0.276 e. The van der Waals surface area contributed by atoms with Crippen LogP contribution in [-0.4, -0.2) is 21.5 Å². The fourth-order valence-electron chi connectivity index (χ4n) is 3.81. The molecule has 0 aliphatic carbocycles. The van der Waals surface area contributed by atoms with E-state index in [1.165, 1.54) is 48.5 Å². The van der Waals surface area contributed by atoms with E-state index in [1.807, 2.05) is 60.7 Å². The smallest absolute Gasteiger partial charge is 0.269 e. The molecule has 0 saturated heterocycles. The first-order valence-corrected chi connectivity index (χ1v) is 13.7. The summed E-state index contributed by atoms with van der Waals surface area (Å²) < 4.78 is 0. The zero-order valence-corrected chi connectivity index (χ0v) is 23.9. The second-order valence-corrected chi connectivity index (χ2v) is 9.35. The van der Waals surface area contributed by atoms with Crippen LogP contribution < -0.4 is 10.9 Å². The van der Waals surface area contributed by atoms with Crippen LogP contribution in [-0.2, 0) is 0 Å². The summed E-state index contributed by atoms with van der Waals surface area (Å²) in [5, 5.41) is 47.9. The fourth-order valence-corrected chi connectivity index (χ4v) is 3.81. The van der Waals surface area contributed by atoms with Gasteiger partial charge in [-0.1, -0.05) is 60.7 Å². The van der Waals surface area contributed by atoms with Crippen LogP contribution in [0.2, 0.25) is 0 Å². The van der Waals surface area contributed by atoms with Gasteiger partial charge in [0.1, 0.15) is 0 Å². The zero-order valence-electron chi connectivity index (χ0n) is 23.9. The van der Waals surface area contributed by atoms with Crippen LogP contribution in [0.4, 0.5) is 34.1 Å². The van der Waals surface area contributed by atoms with E-state index in [-0.39, 0.29) is 23.0 Å². The van der Waals surface area contributed by atoms with Crippen LogP contribution in [0.1, 0.15) is 11.1 Å². The number of non-ortho nitro benzene ring substituents is 2. The summed E-state index contributed by atoms with van der Waals surface area (Å²) in [4.78, 5) is 21.0. The Kier molecular flexibility index (Phi) is 9.93. The number of para-hydroxylation sites is 2. The molecule has 2 N–H and O–H groups in total. The highest BCUT2D eigenvalue weighted by molar-refractivity contribution is 6.03. The van der Waals surface area contributed by atoms with Crippen LogP contribution in [0.5, 0.6) is 0 Å². The molecular formula is C32H24N10O4. The zero-order chi connectivity index (χ0) is 32.1. The van der Waals surface area contributed by atoms with Gasteiger partial charge in [-0.05, 0) is 48.5 Å². The molecule has 0 fully saturated rings. The maximum Gasteiger partial charge on any atom is 0.269 e. The summed E-state index contributed by atoms with van der Waals surface area (Å²) in [7, 11) is 0. The highest BCUT2D eigenvalue weighted by Crippen LogP contribution is 2.21. The summed E-state index contributed by atoms with van der Waals surface area (Å²) in [6.45, 7) is 0. The molecule has 0 saturated carbocycles. The van der Waals surface area contributed by atoms with E-state index in [0.29, 0.717) is 22.5 Å². The van der Waals surface area contributed by atoms with Gasteiger partial charge in [0, 0.05) is 35.4 Å². The number of nitro benzene ring substituents is 2. The fraction of sp³-hybridized carbons (Fsp3) is 0. The molecule has 0 radical (unpaired) electrons. The topological polar surface area (TPSA) is 185 Å². The number of anilines is 2. The second kappa shape index (κ2) is 15.0. The van der Waals surface area contributed by atoms with Gasteiger partial charge in [-0.15, -0.1) is 20.5 Å². The van der Waals surface area contributed by atoms with Crippen LogP contribution in [0.25, 0.3) is 0 Å². The summed E-state index contributed by atoms with van der Waals surface area (Å²) in [6, 6.07) is 37.0. The van der Waals surface area contributed by atoms with E-state index in [2.05, 4.69) is 41.5 Å². The Bertz CT molecular complexity index is 1770. The lowest BCUT2D eigenvalue weighted by Crippen LogP contribution is -2.04. The number of azo groups is 2. The normalized spacial score (nSPS) is 11.9. The van der Waals surface area contributed by atoms with Gasteiger partial charge in [-0.2, -0.15) is 10.2 Å². The molecule has 5 aromatic rings. The Hall–Kier alpha value is -6.96. The number of amidine groups is 2. The second-order valence-electron chi connectivity index (χ2n) is 9.35. The minimum atomic E-state index is -0.489. The molecule has 0 atom stereocenters. The predicted molar refractivity (Wildman–Crippen MR) is 175 cm³/mol. The molecule has 226 valence electrons. The van der Waals surface area contributed by atoms with Crippen molar-refractivity contribution in [3.05, 3.63) is 165 Å². The van der Waals surface area contributed by atoms with Crippen molar-refractivity contribution in [1.29, 1.82) is 0 Å². The van der Waals surface area contributed by atoms with E-state index < -0.39 is 9.85 Å². The number of hydrogen-bond acceptors (Lipinski definition) is 10. The maximum atomic E-state index is 11.0. The van der Waals surface area contributed by atoms with E-state index in [4.69, 9.17) is 0 Å². The van der Waals surface area contributed by atoms with Gasteiger partial charge in [0.15, 0.2) is 0 Å². The number of nitrogens with zero attached hydrogens (tertiary/aromatic N) is 8. The standard InChI is InChI=1S/C32H24N10O4/c43-41(44)29-19-15-27(16-20-29)35-39-31(37-33-25-7-3-1-4-8-25)23-11-13-24(14-12-23)32(38-34-26-9-5-2-6-10-26)40-36-28-17-21-30(22-18-28)42(45)46/h1-22,33-34H/b37-31-,38-32?,39-35?,40-36?. The van der Waals surface area contributed by atoms with E-state index in [1.54, 1.807) is 24.3 Å². The third-order valence-electron chi connectivity index (χ3n) is 6.17. The predicted octanol–water partition coefficient (Wildman–Crippen LogP) is 8.62. The van der Waals surface area contributed by atoms with Crippen LogP contribution >= 0.6 is 0 Å². The summed E-state index contributed by atoms with van der Waals surface area (Å²) >= 11 is 0. The van der Waals surface area contributed by atoms with Crippen LogP contribution in [0, 0.1) is 20.2 Å². The molecule has 0 aliphatic rings. The monoisotopic (exact) mass is 612 g/mol. The van der Waals surface area contributed by atoms with Crippen molar-refractivity contribution in [1.82, 2.24) is 0 Å². The van der Waals surface area contributed by atoms with Crippen molar-refractivity contribution < 1.29 is 9.85 Å². The van der Waals surface area contributed by atoms with Gasteiger partial charge in [0.05, 0.1) is 32.6 Å². The molecule has 5 aromatic carbocycles. The highest BCUT2D eigenvalue weighted by Gasteiger charge is 2.10. The van der Waals surface area contributed by atoms with Gasteiger partial charge >= 0.3 is 0 Å². The minimum absolute atomic E-state index is 0.0564. The van der Waals surface area contributed by atoms with Crippen molar-refractivity contribution in [2.45, 2.75) is 0 Å². The molecule has 0 amide bonds. The number of hydrogen-bond donors (Lipinski definition) is 2. The van der Waals surface area contributed by atoms with Crippen molar-refractivity contribution >= 4 is 45.8 Å². The first-order chi connectivity index (χ1) is 22.4. The number of nitro groups is 2. The molecule has 0 unspecified atom stereocenters. The lowest BCUT2D eigenvalue weighted by Gasteiger charge is -2.06. The van der Waals surface area contributed by atoms with Crippen LogP contribution in [0.15, 0.2) is 164 Å². The molecule has 0 heterocycles. The van der Waals surface area contributed by atoms with E-state index in [0.717, 1.165) is 11.4 Å². The minimum Gasteiger partial charge on any atom is -0.276 e. The Balaban J connectivity index is 1.44. The van der Waals surface area contributed by atoms with Gasteiger partial charge in [-0.3, -0.25) is 31.1 Å².